The summed E-state index contributed by atoms with van der Waals surface area (Å²) in [5.41, 5.74) is 2.82. The second kappa shape index (κ2) is 5.15. The average molecular weight is 287 g/mol. The molecule has 1 aromatic heterocycles. The first kappa shape index (κ1) is 14.1. The fourth-order valence-electron chi connectivity index (χ4n) is 2.98. The van der Waals surface area contributed by atoms with Gasteiger partial charge < -0.3 is 14.2 Å². The number of amides is 1. The Labute approximate surface area is 124 Å². The molecule has 21 heavy (non-hydrogen) atoms. The van der Waals surface area contributed by atoms with Gasteiger partial charge in [-0.15, -0.1) is 0 Å². The van der Waals surface area contributed by atoms with Gasteiger partial charge in [-0.05, 0) is 24.6 Å². The summed E-state index contributed by atoms with van der Waals surface area (Å²) in [5.74, 6) is 0.0949. The third kappa shape index (κ3) is 2.53. The van der Waals surface area contributed by atoms with E-state index in [9.17, 15) is 4.79 Å². The maximum absolute atomic E-state index is 12.5. The van der Waals surface area contributed by atoms with E-state index in [0.717, 1.165) is 42.7 Å². The zero-order valence-electron chi connectivity index (χ0n) is 12.8. The number of likely N-dealkylation sites (tertiary alicyclic amines) is 1. The number of fused-ring (bicyclic) bond motifs is 1. The summed E-state index contributed by atoms with van der Waals surface area (Å²) in [4.78, 5) is 18.7. The largest absolute Gasteiger partial charge is 0.385 e. The SMILES string of the molecule is COCCC1(C)CN(C(=O)c2ccc3c(c2)ncn3C)C1. The number of rotatable bonds is 4. The lowest BCUT2D eigenvalue weighted by Gasteiger charge is -2.48. The van der Waals surface area contributed by atoms with Gasteiger partial charge in [0.05, 0.1) is 17.4 Å². The number of ether oxygens (including phenoxy) is 1. The van der Waals surface area contributed by atoms with Gasteiger partial charge in [-0.3, -0.25) is 4.79 Å². The molecule has 1 aromatic carbocycles. The fourth-order valence-corrected chi connectivity index (χ4v) is 2.98. The van der Waals surface area contributed by atoms with E-state index < -0.39 is 0 Å². The Hall–Kier alpha value is -1.88. The number of carbonyl (C=O) groups is 1. The molecule has 0 saturated carbocycles. The molecule has 112 valence electrons. The van der Waals surface area contributed by atoms with Gasteiger partial charge in [0.1, 0.15) is 0 Å². The Morgan fingerprint density at radius 2 is 2.19 bits per heavy atom. The third-order valence-electron chi connectivity index (χ3n) is 4.31. The molecule has 5 nitrogen and oxygen atoms in total. The van der Waals surface area contributed by atoms with Gasteiger partial charge in [0, 0.05) is 44.8 Å². The highest BCUT2D eigenvalue weighted by Gasteiger charge is 2.41. The zero-order chi connectivity index (χ0) is 15.0. The smallest absolute Gasteiger partial charge is 0.253 e. The first-order valence-corrected chi connectivity index (χ1v) is 7.22. The standard InChI is InChI=1S/C16H21N3O2/c1-16(6-7-21-3)9-19(10-16)15(20)12-4-5-14-13(8-12)17-11-18(14)2/h4-5,8,11H,6-7,9-10H2,1-3H3. The summed E-state index contributed by atoms with van der Waals surface area (Å²) in [6.07, 6.45) is 2.76. The molecule has 1 saturated heterocycles. The van der Waals surface area contributed by atoms with Crippen molar-refractivity contribution in [1.82, 2.24) is 14.5 Å². The summed E-state index contributed by atoms with van der Waals surface area (Å²) in [5, 5.41) is 0. The summed E-state index contributed by atoms with van der Waals surface area (Å²) >= 11 is 0. The number of methoxy groups -OCH3 is 1. The molecule has 3 rings (SSSR count). The van der Waals surface area contributed by atoms with Gasteiger partial charge in [-0.25, -0.2) is 4.98 Å². The van der Waals surface area contributed by atoms with E-state index in [1.807, 2.05) is 34.7 Å². The van der Waals surface area contributed by atoms with E-state index in [0.29, 0.717) is 0 Å². The molecule has 0 unspecified atom stereocenters. The molecule has 1 amide bonds. The van der Waals surface area contributed by atoms with Crippen molar-refractivity contribution in [2.75, 3.05) is 26.8 Å². The van der Waals surface area contributed by atoms with Gasteiger partial charge in [0.15, 0.2) is 0 Å². The van der Waals surface area contributed by atoms with E-state index in [1.54, 1.807) is 13.4 Å². The first-order chi connectivity index (χ1) is 10.0. The molecule has 0 bridgehead atoms. The predicted octanol–water partition coefficient (Wildman–Crippen LogP) is 2.07. The predicted molar refractivity (Wildman–Crippen MR) is 81.2 cm³/mol. The minimum Gasteiger partial charge on any atom is -0.385 e. The van der Waals surface area contributed by atoms with Crippen molar-refractivity contribution >= 4 is 16.9 Å². The number of imidazole rings is 1. The van der Waals surface area contributed by atoms with Crippen LogP contribution in [-0.2, 0) is 11.8 Å². The first-order valence-electron chi connectivity index (χ1n) is 7.22. The molecule has 1 aliphatic heterocycles. The Morgan fingerprint density at radius 3 is 2.90 bits per heavy atom. The van der Waals surface area contributed by atoms with Crippen molar-refractivity contribution in [3.63, 3.8) is 0 Å². The lowest BCUT2D eigenvalue weighted by molar-refractivity contribution is -0.000907. The van der Waals surface area contributed by atoms with Crippen LogP contribution in [0.4, 0.5) is 0 Å². The van der Waals surface area contributed by atoms with Crippen LogP contribution in [0.5, 0.6) is 0 Å². The summed E-state index contributed by atoms with van der Waals surface area (Å²) in [7, 11) is 3.67. The number of aromatic nitrogens is 2. The Bertz CT molecular complexity index is 671. The van der Waals surface area contributed by atoms with Gasteiger partial charge >= 0.3 is 0 Å². The Morgan fingerprint density at radius 1 is 1.43 bits per heavy atom. The molecule has 5 heteroatoms. The van der Waals surface area contributed by atoms with Crippen LogP contribution < -0.4 is 0 Å². The van der Waals surface area contributed by atoms with E-state index in [2.05, 4.69) is 11.9 Å². The van der Waals surface area contributed by atoms with E-state index in [4.69, 9.17) is 4.74 Å². The molecule has 1 aliphatic rings. The van der Waals surface area contributed by atoms with Crippen molar-refractivity contribution in [3.8, 4) is 0 Å². The number of nitrogens with zero attached hydrogens (tertiary/aromatic N) is 3. The molecule has 2 aromatic rings. The second-order valence-corrected chi connectivity index (χ2v) is 6.27. The quantitative estimate of drug-likeness (QED) is 0.865. The molecule has 0 aliphatic carbocycles. The van der Waals surface area contributed by atoms with Crippen LogP contribution >= 0.6 is 0 Å². The van der Waals surface area contributed by atoms with Crippen molar-refractivity contribution in [2.24, 2.45) is 12.5 Å². The van der Waals surface area contributed by atoms with Gasteiger partial charge in [-0.2, -0.15) is 0 Å². The molecule has 0 atom stereocenters. The summed E-state index contributed by atoms with van der Waals surface area (Å²) in [6.45, 7) is 4.56. The van der Waals surface area contributed by atoms with E-state index in [1.165, 1.54) is 0 Å². The van der Waals surface area contributed by atoms with Gasteiger partial charge in [-0.1, -0.05) is 6.92 Å². The topological polar surface area (TPSA) is 47.4 Å². The molecule has 1 fully saturated rings. The van der Waals surface area contributed by atoms with Crippen molar-refractivity contribution in [1.29, 1.82) is 0 Å². The minimum atomic E-state index is 0.0949. The Kier molecular flexibility index (Phi) is 3.45. The molecular weight excluding hydrogens is 266 g/mol. The van der Waals surface area contributed by atoms with E-state index in [-0.39, 0.29) is 11.3 Å². The number of aryl methyl sites for hydroxylation is 1. The molecule has 0 spiro atoms. The second-order valence-electron chi connectivity index (χ2n) is 6.27. The highest BCUT2D eigenvalue weighted by Crippen LogP contribution is 2.34. The van der Waals surface area contributed by atoms with Crippen LogP contribution in [0, 0.1) is 5.41 Å². The van der Waals surface area contributed by atoms with Crippen molar-refractivity contribution in [3.05, 3.63) is 30.1 Å². The normalized spacial score (nSPS) is 17.0. The van der Waals surface area contributed by atoms with Crippen LogP contribution in [0.15, 0.2) is 24.5 Å². The van der Waals surface area contributed by atoms with Crippen LogP contribution in [0.3, 0.4) is 0 Å². The highest BCUT2D eigenvalue weighted by molar-refractivity contribution is 5.97. The molecule has 0 N–H and O–H groups in total. The lowest BCUT2D eigenvalue weighted by atomic mass is 9.79. The summed E-state index contributed by atoms with van der Waals surface area (Å²) < 4.78 is 7.08. The number of hydrogen-bond donors (Lipinski definition) is 0. The molecule has 0 radical (unpaired) electrons. The van der Waals surface area contributed by atoms with Crippen molar-refractivity contribution < 1.29 is 9.53 Å². The van der Waals surface area contributed by atoms with Crippen LogP contribution in [-0.4, -0.2) is 47.2 Å². The molecule has 2 heterocycles. The maximum atomic E-state index is 12.5. The number of carbonyl (C=O) groups excluding carboxylic acids is 1. The highest BCUT2D eigenvalue weighted by atomic mass is 16.5. The minimum absolute atomic E-state index is 0.0949. The van der Waals surface area contributed by atoms with Crippen LogP contribution in [0.25, 0.3) is 11.0 Å². The van der Waals surface area contributed by atoms with Gasteiger partial charge in [0.25, 0.3) is 5.91 Å². The monoisotopic (exact) mass is 287 g/mol. The Balaban J connectivity index is 1.71. The average Bonchev–Trinajstić information content (AvgIpc) is 2.82. The van der Waals surface area contributed by atoms with Crippen molar-refractivity contribution in [2.45, 2.75) is 13.3 Å². The van der Waals surface area contributed by atoms with Crippen LogP contribution in [0.1, 0.15) is 23.7 Å². The number of benzene rings is 1. The fraction of sp³-hybridized carbons (Fsp3) is 0.500. The number of hydrogen-bond acceptors (Lipinski definition) is 3. The zero-order valence-corrected chi connectivity index (χ0v) is 12.8. The van der Waals surface area contributed by atoms with Crippen LogP contribution in [0.2, 0.25) is 0 Å². The molecular formula is C16H21N3O2. The maximum Gasteiger partial charge on any atom is 0.253 e. The third-order valence-corrected chi connectivity index (χ3v) is 4.31. The lowest BCUT2D eigenvalue weighted by Crippen LogP contribution is -2.57. The summed E-state index contributed by atoms with van der Waals surface area (Å²) in [6, 6.07) is 5.72. The van der Waals surface area contributed by atoms with Gasteiger partial charge in [0.2, 0.25) is 0 Å². The van der Waals surface area contributed by atoms with E-state index >= 15 is 0 Å².